The van der Waals surface area contributed by atoms with Crippen LogP contribution >= 0.6 is 0 Å². The summed E-state index contributed by atoms with van der Waals surface area (Å²) in [5.74, 6) is -0.738. The van der Waals surface area contributed by atoms with Crippen LogP contribution in [0.25, 0.3) is 0 Å². The molecule has 1 atom stereocenters. The zero-order chi connectivity index (χ0) is 15.6. The van der Waals surface area contributed by atoms with Crippen molar-refractivity contribution in [1.82, 2.24) is 4.68 Å². The van der Waals surface area contributed by atoms with Gasteiger partial charge in [-0.15, -0.1) is 0 Å². The molecule has 1 aromatic carbocycles. The van der Waals surface area contributed by atoms with Gasteiger partial charge in [-0.25, -0.2) is 0 Å². The summed E-state index contributed by atoms with van der Waals surface area (Å²) in [6.45, 7) is 3.77. The van der Waals surface area contributed by atoms with Gasteiger partial charge in [-0.05, 0) is 50.1 Å². The predicted octanol–water partition coefficient (Wildman–Crippen LogP) is 1.16. The van der Waals surface area contributed by atoms with Gasteiger partial charge in [0.2, 0.25) is 0 Å². The number of phenols is 2. The number of carbonyl (C=O) groups excluding carboxylic acids is 1. The minimum Gasteiger partial charge on any atom is -0.504 e. The molecule has 0 aliphatic carbocycles. The molecule has 0 bridgehead atoms. The predicted molar refractivity (Wildman–Crippen MR) is 79.7 cm³/mol. The molecule has 1 amide bonds. The molecule has 0 aliphatic rings. The van der Waals surface area contributed by atoms with E-state index in [9.17, 15) is 15.0 Å². The first-order valence-corrected chi connectivity index (χ1v) is 6.60. The molecule has 2 aromatic rings. The molecule has 5 N–H and O–H groups in total. The molecule has 1 aromatic heterocycles. The van der Waals surface area contributed by atoms with Gasteiger partial charge in [0, 0.05) is 11.4 Å². The Morgan fingerprint density at radius 2 is 1.81 bits per heavy atom. The van der Waals surface area contributed by atoms with E-state index in [0.717, 1.165) is 11.4 Å². The van der Waals surface area contributed by atoms with E-state index in [1.165, 1.54) is 12.1 Å². The number of carbonyl (C=O) groups is 1. The quantitative estimate of drug-likeness (QED) is 0.634. The molecule has 2 rings (SSSR count). The lowest BCUT2D eigenvalue weighted by Crippen LogP contribution is -2.41. The number of phenolic OH excluding ortho intramolecular Hbond substituents is 2. The third-order valence-corrected chi connectivity index (χ3v) is 3.33. The van der Waals surface area contributed by atoms with Gasteiger partial charge < -0.3 is 15.9 Å². The number of nitrogens with two attached hydrogens (primary N) is 1. The maximum Gasteiger partial charge on any atom is 0.256 e. The maximum atomic E-state index is 12.1. The van der Waals surface area contributed by atoms with Crippen molar-refractivity contribution in [3.63, 3.8) is 0 Å². The molecular formula is C15H19N3O3. The Balaban J connectivity index is 2.04. The van der Waals surface area contributed by atoms with Crippen LogP contribution in [0.15, 0.2) is 30.3 Å². The summed E-state index contributed by atoms with van der Waals surface area (Å²) in [4.78, 5) is 12.1. The van der Waals surface area contributed by atoms with Crippen LogP contribution in [0.1, 0.15) is 17.0 Å². The largest absolute Gasteiger partial charge is 0.504 e. The number of hydrogen-bond acceptors (Lipinski definition) is 4. The summed E-state index contributed by atoms with van der Waals surface area (Å²) >= 11 is 0. The number of aromatic nitrogens is 1. The first-order valence-electron chi connectivity index (χ1n) is 6.60. The van der Waals surface area contributed by atoms with E-state index in [0.29, 0.717) is 5.56 Å². The highest BCUT2D eigenvalue weighted by Crippen LogP contribution is 2.25. The van der Waals surface area contributed by atoms with Gasteiger partial charge in [0.15, 0.2) is 11.5 Å². The number of amides is 1. The number of nitrogens with one attached hydrogen (secondary N) is 1. The van der Waals surface area contributed by atoms with Crippen molar-refractivity contribution in [3.8, 4) is 11.5 Å². The Bertz CT molecular complexity index is 645. The Labute approximate surface area is 122 Å². The number of rotatable bonds is 4. The van der Waals surface area contributed by atoms with Crippen LogP contribution < -0.4 is 11.2 Å². The first kappa shape index (κ1) is 14.9. The van der Waals surface area contributed by atoms with E-state index >= 15 is 0 Å². The third-order valence-electron chi connectivity index (χ3n) is 3.33. The highest BCUT2D eigenvalue weighted by molar-refractivity contribution is 5.89. The summed E-state index contributed by atoms with van der Waals surface area (Å²) in [5, 5.41) is 18.7. The number of hydrogen-bond donors (Lipinski definition) is 4. The van der Waals surface area contributed by atoms with Crippen molar-refractivity contribution in [2.45, 2.75) is 26.3 Å². The van der Waals surface area contributed by atoms with Crippen LogP contribution in [0.2, 0.25) is 0 Å². The summed E-state index contributed by atoms with van der Waals surface area (Å²) in [6, 6.07) is 7.44. The van der Waals surface area contributed by atoms with E-state index in [-0.39, 0.29) is 23.8 Å². The fraction of sp³-hybridized carbons (Fsp3) is 0.267. The number of benzene rings is 1. The van der Waals surface area contributed by atoms with Gasteiger partial charge in [-0.1, -0.05) is 6.07 Å². The molecule has 0 unspecified atom stereocenters. The van der Waals surface area contributed by atoms with Crippen LogP contribution in [0, 0.1) is 13.8 Å². The van der Waals surface area contributed by atoms with Crippen molar-refractivity contribution in [1.29, 1.82) is 0 Å². The highest BCUT2D eigenvalue weighted by atomic mass is 16.3. The average Bonchev–Trinajstić information content (AvgIpc) is 2.74. The Morgan fingerprint density at radius 3 is 2.38 bits per heavy atom. The van der Waals surface area contributed by atoms with E-state index in [1.807, 2.05) is 26.0 Å². The summed E-state index contributed by atoms with van der Waals surface area (Å²) in [6.07, 6.45) is 0.263. The van der Waals surface area contributed by atoms with E-state index in [1.54, 1.807) is 10.7 Å². The fourth-order valence-electron chi connectivity index (χ4n) is 2.08. The summed E-state index contributed by atoms with van der Waals surface area (Å²) < 4.78 is 1.68. The lowest BCUT2D eigenvalue weighted by Gasteiger charge is -2.16. The molecule has 0 fully saturated rings. The number of aryl methyl sites for hydroxylation is 2. The van der Waals surface area contributed by atoms with Gasteiger partial charge in [0.05, 0.1) is 6.04 Å². The van der Waals surface area contributed by atoms with Crippen molar-refractivity contribution in [2.24, 2.45) is 5.73 Å². The van der Waals surface area contributed by atoms with Crippen LogP contribution in [0.3, 0.4) is 0 Å². The average molecular weight is 289 g/mol. The monoisotopic (exact) mass is 289 g/mol. The van der Waals surface area contributed by atoms with E-state index < -0.39 is 6.04 Å². The second-order valence-corrected chi connectivity index (χ2v) is 5.06. The van der Waals surface area contributed by atoms with Crippen LogP contribution in [0.5, 0.6) is 11.5 Å². The van der Waals surface area contributed by atoms with Crippen molar-refractivity contribution >= 4 is 5.91 Å². The minimum atomic E-state index is -0.754. The molecule has 0 radical (unpaired) electrons. The normalized spacial score (nSPS) is 12.1. The smallest absolute Gasteiger partial charge is 0.256 e. The minimum absolute atomic E-state index is 0.199. The van der Waals surface area contributed by atoms with Crippen LogP contribution in [-0.4, -0.2) is 26.8 Å². The topological polar surface area (TPSA) is 101 Å². The molecule has 112 valence electrons. The third kappa shape index (κ3) is 3.35. The molecule has 21 heavy (non-hydrogen) atoms. The fourth-order valence-corrected chi connectivity index (χ4v) is 2.08. The van der Waals surface area contributed by atoms with Crippen molar-refractivity contribution < 1.29 is 15.0 Å². The Hall–Kier alpha value is -2.47. The first-order chi connectivity index (χ1) is 9.88. The van der Waals surface area contributed by atoms with Crippen molar-refractivity contribution in [3.05, 3.63) is 47.3 Å². The van der Waals surface area contributed by atoms with E-state index in [2.05, 4.69) is 5.43 Å². The van der Waals surface area contributed by atoms with Gasteiger partial charge in [-0.3, -0.25) is 14.9 Å². The molecular weight excluding hydrogens is 270 g/mol. The second-order valence-electron chi connectivity index (χ2n) is 5.06. The Morgan fingerprint density at radius 1 is 1.19 bits per heavy atom. The molecule has 6 heteroatoms. The molecule has 1 heterocycles. The molecule has 0 aliphatic heterocycles. The molecule has 0 spiro atoms. The molecule has 6 nitrogen and oxygen atoms in total. The van der Waals surface area contributed by atoms with Crippen molar-refractivity contribution in [2.75, 3.05) is 5.43 Å². The van der Waals surface area contributed by atoms with Gasteiger partial charge >= 0.3 is 0 Å². The standard InChI is InChI=1S/C15H19N3O3/c1-9-3-4-10(2)18(9)17-15(21)12(16)7-11-5-6-13(19)14(20)8-11/h3-6,8,12,19-20H,7,16H2,1-2H3,(H,17,21)/t12-/m0/s1. The lowest BCUT2D eigenvalue weighted by atomic mass is 10.1. The van der Waals surface area contributed by atoms with Crippen LogP contribution in [0.4, 0.5) is 0 Å². The maximum absolute atomic E-state index is 12.1. The van der Waals surface area contributed by atoms with Gasteiger partial charge in [-0.2, -0.15) is 0 Å². The second kappa shape index (κ2) is 5.88. The Kier molecular flexibility index (Phi) is 4.18. The summed E-state index contributed by atoms with van der Waals surface area (Å²) in [5.41, 5.74) is 11.1. The zero-order valence-corrected chi connectivity index (χ0v) is 12.0. The zero-order valence-electron chi connectivity index (χ0n) is 12.0. The van der Waals surface area contributed by atoms with Gasteiger partial charge in [0.25, 0.3) is 5.91 Å². The number of aromatic hydroxyl groups is 2. The summed E-state index contributed by atoms with van der Waals surface area (Å²) in [7, 11) is 0. The van der Waals surface area contributed by atoms with Gasteiger partial charge in [0.1, 0.15) is 0 Å². The van der Waals surface area contributed by atoms with E-state index in [4.69, 9.17) is 5.73 Å². The molecule has 0 saturated heterocycles. The highest BCUT2D eigenvalue weighted by Gasteiger charge is 2.16. The SMILES string of the molecule is Cc1ccc(C)n1NC(=O)[C@@H](N)Cc1ccc(O)c(O)c1. The molecule has 0 saturated carbocycles. The number of nitrogens with zero attached hydrogens (tertiary/aromatic N) is 1. The van der Waals surface area contributed by atoms with Crippen LogP contribution in [-0.2, 0) is 11.2 Å². The lowest BCUT2D eigenvalue weighted by molar-refractivity contribution is -0.118.